The van der Waals surface area contributed by atoms with Crippen LogP contribution in [0.5, 0.6) is 0 Å². The summed E-state index contributed by atoms with van der Waals surface area (Å²) >= 11 is 2.34. The lowest BCUT2D eigenvalue weighted by molar-refractivity contribution is -0.138. The van der Waals surface area contributed by atoms with Crippen molar-refractivity contribution < 1.29 is 38.2 Å². The number of ether oxygens (including phenoxy) is 2. The third kappa shape index (κ3) is 7.62. The molecule has 14 heteroatoms. The number of carbonyl (C=O) groups excluding carboxylic acids is 6. The van der Waals surface area contributed by atoms with Crippen LogP contribution >= 0.6 is 22.7 Å². The summed E-state index contributed by atoms with van der Waals surface area (Å²) in [5, 5.41) is 0.321. The van der Waals surface area contributed by atoms with Crippen molar-refractivity contribution in [3.05, 3.63) is 105 Å². The number of benzene rings is 2. The number of Topliss-reactive ketones (excluding diaryl/α,β-unsaturated/α-hetero) is 4. The summed E-state index contributed by atoms with van der Waals surface area (Å²) < 4.78 is 11.9. The Hall–Kier alpha value is -5.86. The Morgan fingerprint density at radius 3 is 1.19 bits per heavy atom. The van der Waals surface area contributed by atoms with Crippen LogP contribution in [0.4, 0.5) is 10.3 Å². The molecule has 0 spiro atoms. The molecule has 0 saturated heterocycles. The number of carbonyl (C=O) groups is 6. The highest BCUT2D eigenvalue weighted by molar-refractivity contribution is 7.16. The molecule has 0 amide bonds. The smallest absolute Gasteiger partial charge is 0.340 e. The van der Waals surface area contributed by atoms with Crippen LogP contribution in [0.2, 0.25) is 0 Å². The summed E-state index contributed by atoms with van der Waals surface area (Å²) in [6.07, 6.45) is 15.3. The maximum absolute atomic E-state index is 14.3. The first kappa shape index (κ1) is 43.4. The Kier molecular flexibility index (Phi) is 11.2. The van der Waals surface area contributed by atoms with E-state index in [1.165, 1.54) is 22.7 Å². The highest BCUT2D eigenvalue weighted by atomic mass is 32.1. The molecule has 0 N–H and O–H groups in total. The largest absolute Gasteiger partial charge is 0.457 e. The maximum atomic E-state index is 14.3. The van der Waals surface area contributed by atoms with Crippen molar-refractivity contribution in [2.24, 2.45) is 57.3 Å². The molecule has 4 aromatic rings. The third-order valence-electron chi connectivity index (χ3n) is 16.4. The number of nitrogens with zero attached hydrogens (tertiary/aromatic N) is 4. The number of hydrogen-bond acceptors (Lipinski definition) is 14. The van der Waals surface area contributed by atoms with Crippen LogP contribution in [-0.4, -0.2) is 56.5 Å². The van der Waals surface area contributed by atoms with Crippen molar-refractivity contribution in [2.45, 2.75) is 102 Å². The molecular formula is C54H50N4O8S2. The summed E-state index contributed by atoms with van der Waals surface area (Å²) in [4.78, 5) is 105. The summed E-state index contributed by atoms with van der Waals surface area (Å²) in [5.74, 6) is -3.06. The fraction of sp³-hybridized carbons (Fsp3) is 0.444. The second kappa shape index (κ2) is 17.6. The standard InChI is InChI=1S/C54H50N4O8S2/c59-45-33-19-29-15-7-8-16-30(29)20-34(33)46(60)43(45)57-53-55-41-39(51(63)65-25-27-11-3-1-4-12-27)23-37-38(49(41)67-53)24-40(52(64)66-26-28-13-5-2-6-14-28)42-50(37)68-54(56-42)58-44-47(61)35-21-31-17-9-10-18-32(31)22-36(35)48(44)62/h1-6,11-14,23-24,29-38H,7-10,15-22,25-26H2. The van der Waals surface area contributed by atoms with Crippen LogP contribution in [0.1, 0.15) is 121 Å². The number of thiazole rings is 2. The van der Waals surface area contributed by atoms with Crippen molar-refractivity contribution in [1.82, 2.24) is 9.97 Å². The molecule has 10 atom stereocenters. The molecule has 12 nitrogen and oxygen atoms in total. The zero-order valence-corrected chi connectivity index (χ0v) is 39.1. The molecule has 2 aromatic heterocycles. The minimum absolute atomic E-state index is 0.00377. The Balaban J connectivity index is 0.931. The first-order chi connectivity index (χ1) is 33.2. The van der Waals surface area contributed by atoms with Crippen LogP contribution in [0, 0.1) is 47.3 Å². The van der Waals surface area contributed by atoms with Crippen molar-refractivity contribution in [1.29, 1.82) is 0 Å². The topological polar surface area (TPSA) is 171 Å². The molecule has 12 rings (SSSR count). The van der Waals surface area contributed by atoms with E-state index in [2.05, 4.69) is 0 Å². The molecule has 2 heterocycles. The number of ketones is 4. The van der Waals surface area contributed by atoms with Crippen LogP contribution in [0.15, 0.2) is 82.8 Å². The van der Waals surface area contributed by atoms with Gasteiger partial charge in [-0.15, -0.1) is 0 Å². The van der Waals surface area contributed by atoms with Gasteiger partial charge in [0.05, 0.1) is 22.5 Å². The van der Waals surface area contributed by atoms with Crippen LogP contribution in [-0.2, 0) is 51.5 Å². The maximum Gasteiger partial charge on any atom is 0.340 e. The summed E-state index contributed by atoms with van der Waals surface area (Å²) in [6.45, 7) is 0.00753. The minimum atomic E-state index is -0.631. The van der Waals surface area contributed by atoms with Gasteiger partial charge in [0, 0.05) is 45.3 Å². The van der Waals surface area contributed by atoms with E-state index in [0.29, 0.717) is 70.5 Å². The summed E-state index contributed by atoms with van der Waals surface area (Å²) in [7, 11) is 0. The van der Waals surface area contributed by atoms with E-state index >= 15 is 0 Å². The Morgan fingerprint density at radius 1 is 0.515 bits per heavy atom. The second-order valence-electron chi connectivity index (χ2n) is 20.1. The van der Waals surface area contributed by atoms with Crippen LogP contribution in [0.25, 0.3) is 11.1 Å². The Morgan fingerprint density at radius 2 is 0.853 bits per heavy atom. The number of esters is 2. The van der Waals surface area contributed by atoms with E-state index in [1.807, 2.05) is 60.7 Å². The van der Waals surface area contributed by atoms with Crippen molar-refractivity contribution in [2.75, 3.05) is 0 Å². The Bertz CT molecular complexity index is 2650. The van der Waals surface area contributed by atoms with Gasteiger partial charge in [-0.2, -0.15) is 0 Å². The first-order valence-corrected chi connectivity index (χ1v) is 26.0. The summed E-state index contributed by atoms with van der Waals surface area (Å²) in [6, 6.07) is 18.7. The monoisotopic (exact) mass is 946 g/mol. The molecule has 0 aliphatic heterocycles. The predicted octanol–water partition coefficient (Wildman–Crippen LogP) is 9.86. The highest BCUT2D eigenvalue weighted by Gasteiger charge is 2.54. The fourth-order valence-corrected chi connectivity index (χ4v) is 15.1. The molecule has 2 aromatic carbocycles. The van der Waals surface area contributed by atoms with Crippen LogP contribution < -0.4 is 0 Å². The second-order valence-corrected chi connectivity index (χ2v) is 22.1. The zero-order valence-electron chi connectivity index (χ0n) is 37.5. The third-order valence-corrected chi connectivity index (χ3v) is 18.5. The SMILES string of the molecule is O=C(OCc1ccccc1)C1=CC2c3sc(N=C4C(=O)C5CC6CCCCC6CC5C4=O)nc3C(C(=O)OCc3ccccc3)=CC2c2sc(N=C3C(=O)C4CC5CCCCC5CC4C3=O)nc21. The van der Waals surface area contributed by atoms with Gasteiger partial charge in [-0.1, -0.05) is 147 Å². The van der Waals surface area contributed by atoms with Crippen LogP contribution in [0.3, 0.4) is 0 Å². The minimum Gasteiger partial charge on any atom is -0.457 e. The average molecular weight is 947 g/mol. The number of rotatable bonds is 8. The molecule has 346 valence electrons. The van der Waals surface area contributed by atoms with Gasteiger partial charge in [-0.05, 0) is 60.5 Å². The molecule has 0 bridgehead atoms. The number of aromatic nitrogens is 2. The molecular weight excluding hydrogens is 897 g/mol. The molecule has 8 aliphatic rings. The molecule has 6 saturated carbocycles. The normalized spacial score (nSPS) is 30.1. The number of aliphatic imine (C=N–C) groups is 2. The molecule has 0 radical (unpaired) electrons. The van der Waals surface area contributed by atoms with Gasteiger partial charge in [0.15, 0.2) is 34.6 Å². The van der Waals surface area contributed by atoms with E-state index in [9.17, 15) is 28.8 Å². The quantitative estimate of drug-likeness (QED) is 0.155. The number of allylic oxidation sites excluding steroid dienone is 2. The molecule has 68 heavy (non-hydrogen) atoms. The van der Waals surface area contributed by atoms with Gasteiger partial charge in [-0.3, -0.25) is 19.2 Å². The summed E-state index contributed by atoms with van der Waals surface area (Å²) in [5.41, 5.74) is 2.36. The van der Waals surface area contributed by atoms with E-state index in [0.717, 1.165) is 62.5 Å². The molecule has 10 unspecified atom stereocenters. The van der Waals surface area contributed by atoms with Gasteiger partial charge in [0.1, 0.15) is 13.2 Å². The van der Waals surface area contributed by atoms with Gasteiger partial charge in [0.2, 0.25) is 10.3 Å². The van der Waals surface area contributed by atoms with Crippen molar-refractivity contribution in [3.63, 3.8) is 0 Å². The zero-order chi connectivity index (χ0) is 46.2. The lowest BCUT2D eigenvalue weighted by atomic mass is 9.64. The molecule has 6 fully saturated rings. The number of hydrogen-bond donors (Lipinski definition) is 0. The molecule has 8 aliphatic carbocycles. The van der Waals surface area contributed by atoms with E-state index < -0.39 is 23.8 Å². The highest BCUT2D eigenvalue weighted by Crippen LogP contribution is 2.56. The van der Waals surface area contributed by atoms with Gasteiger partial charge in [-0.25, -0.2) is 29.5 Å². The fourth-order valence-electron chi connectivity index (χ4n) is 13.0. The van der Waals surface area contributed by atoms with Gasteiger partial charge < -0.3 is 9.47 Å². The van der Waals surface area contributed by atoms with E-state index in [1.54, 1.807) is 12.2 Å². The lowest BCUT2D eigenvalue weighted by Gasteiger charge is -2.39. The predicted molar refractivity (Wildman–Crippen MR) is 256 cm³/mol. The Labute approximate surface area is 401 Å². The first-order valence-electron chi connectivity index (χ1n) is 24.4. The van der Waals surface area contributed by atoms with Gasteiger partial charge in [0.25, 0.3) is 0 Å². The van der Waals surface area contributed by atoms with E-state index in [4.69, 9.17) is 29.4 Å². The average Bonchev–Trinajstić information content (AvgIpc) is 4.11. The van der Waals surface area contributed by atoms with E-state index in [-0.39, 0.29) is 92.9 Å². The number of fused-ring (bicyclic) bond motifs is 9. The van der Waals surface area contributed by atoms with Crippen molar-refractivity contribution >= 4 is 90.6 Å². The lowest BCUT2D eigenvalue weighted by Crippen LogP contribution is -2.35. The van der Waals surface area contributed by atoms with Crippen molar-refractivity contribution in [3.8, 4) is 0 Å². The van der Waals surface area contributed by atoms with Gasteiger partial charge >= 0.3 is 11.9 Å².